The molecule has 28 heavy (non-hydrogen) atoms. The predicted molar refractivity (Wildman–Crippen MR) is 113 cm³/mol. The first-order valence-corrected chi connectivity index (χ1v) is 12.3. The Kier molecular flexibility index (Phi) is 7.26. The minimum absolute atomic E-state index is 0.0497. The fourth-order valence-electron chi connectivity index (χ4n) is 3.65. The van der Waals surface area contributed by atoms with Crippen molar-refractivity contribution in [2.45, 2.75) is 39.3 Å². The standard InChI is InChI=1S/C21H28N2O3S2/c1-2-14-28(25,26)23-12-6-10-19(16-23)21(24)22(17-20-11-7-13-27-20)15-18-8-4-3-5-9-18/h3-5,7-9,11,13,19H,2,6,10,12,14-17H2,1H3. The number of sulfonamides is 1. The summed E-state index contributed by atoms with van der Waals surface area (Å²) < 4.78 is 26.5. The number of rotatable bonds is 8. The zero-order chi connectivity index (χ0) is 20.0. The van der Waals surface area contributed by atoms with E-state index in [1.165, 1.54) is 4.31 Å². The van der Waals surface area contributed by atoms with Crippen LogP contribution in [0.2, 0.25) is 0 Å². The van der Waals surface area contributed by atoms with E-state index in [0.717, 1.165) is 23.3 Å². The number of hydrogen-bond donors (Lipinski definition) is 0. The van der Waals surface area contributed by atoms with Crippen molar-refractivity contribution in [2.24, 2.45) is 5.92 Å². The molecule has 0 spiro atoms. The third-order valence-electron chi connectivity index (χ3n) is 5.04. The summed E-state index contributed by atoms with van der Waals surface area (Å²) in [5.74, 6) is -0.0747. The number of thiophene rings is 1. The van der Waals surface area contributed by atoms with Gasteiger partial charge in [-0.3, -0.25) is 4.79 Å². The zero-order valence-corrected chi connectivity index (χ0v) is 17.9. The van der Waals surface area contributed by atoms with E-state index in [-0.39, 0.29) is 17.6 Å². The maximum Gasteiger partial charge on any atom is 0.227 e. The first-order valence-electron chi connectivity index (χ1n) is 9.82. The van der Waals surface area contributed by atoms with E-state index in [9.17, 15) is 13.2 Å². The quantitative estimate of drug-likeness (QED) is 0.654. The summed E-state index contributed by atoms with van der Waals surface area (Å²) in [5.41, 5.74) is 1.08. The van der Waals surface area contributed by atoms with Crippen molar-refractivity contribution in [2.75, 3.05) is 18.8 Å². The molecule has 1 saturated heterocycles. The summed E-state index contributed by atoms with van der Waals surface area (Å²) >= 11 is 1.64. The van der Waals surface area contributed by atoms with Crippen LogP contribution < -0.4 is 0 Å². The van der Waals surface area contributed by atoms with Gasteiger partial charge in [0, 0.05) is 24.5 Å². The summed E-state index contributed by atoms with van der Waals surface area (Å²) in [6.45, 7) is 3.79. The fraction of sp³-hybridized carbons (Fsp3) is 0.476. The van der Waals surface area contributed by atoms with Crippen LogP contribution in [0, 0.1) is 5.92 Å². The van der Waals surface area contributed by atoms with Crippen molar-refractivity contribution in [3.05, 3.63) is 58.3 Å². The zero-order valence-electron chi connectivity index (χ0n) is 16.3. The molecule has 5 nitrogen and oxygen atoms in total. The van der Waals surface area contributed by atoms with E-state index in [4.69, 9.17) is 0 Å². The number of piperidine rings is 1. The molecule has 0 radical (unpaired) electrons. The molecule has 1 aromatic heterocycles. The molecule has 2 aromatic rings. The molecule has 0 aliphatic carbocycles. The smallest absolute Gasteiger partial charge is 0.227 e. The van der Waals surface area contributed by atoms with Gasteiger partial charge < -0.3 is 4.90 Å². The minimum atomic E-state index is -3.27. The van der Waals surface area contributed by atoms with Crippen LogP contribution in [0.25, 0.3) is 0 Å². The molecular formula is C21H28N2O3S2. The highest BCUT2D eigenvalue weighted by Crippen LogP contribution is 2.24. The fourth-order valence-corrected chi connectivity index (χ4v) is 5.96. The highest BCUT2D eigenvalue weighted by molar-refractivity contribution is 7.89. The molecule has 0 N–H and O–H groups in total. The Morgan fingerprint density at radius 3 is 2.64 bits per heavy atom. The molecule has 1 aromatic carbocycles. The summed E-state index contributed by atoms with van der Waals surface area (Å²) in [6, 6.07) is 14.0. The molecule has 1 fully saturated rings. The Hall–Kier alpha value is -1.70. The molecule has 0 bridgehead atoms. The number of amides is 1. The first kappa shape index (κ1) is 21.0. The molecule has 0 saturated carbocycles. The molecule has 1 aliphatic heterocycles. The lowest BCUT2D eigenvalue weighted by molar-refractivity contribution is -0.138. The van der Waals surface area contributed by atoms with Gasteiger partial charge in [-0.15, -0.1) is 11.3 Å². The van der Waals surface area contributed by atoms with Crippen LogP contribution in [0.4, 0.5) is 0 Å². The van der Waals surface area contributed by atoms with Crippen LogP contribution in [0.5, 0.6) is 0 Å². The van der Waals surface area contributed by atoms with Gasteiger partial charge in [-0.2, -0.15) is 0 Å². The van der Waals surface area contributed by atoms with Crippen LogP contribution in [-0.2, 0) is 27.9 Å². The normalized spacial score (nSPS) is 18.1. The molecular weight excluding hydrogens is 392 g/mol. The lowest BCUT2D eigenvalue weighted by Crippen LogP contribution is -2.46. The summed E-state index contributed by atoms with van der Waals surface area (Å²) in [4.78, 5) is 16.4. The summed E-state index contributed by atoms with van der Waals surface area (Å²) in [6.07, 6.45) is 2.07. The van der Waals surface area contributed by atoms with Gasteiger partial charge in [-0.25, -0.2) is 12.7 Å². The van der Waals surface area contributed by atoms with E-state index in [0.29, 0.717) is 32.6 Å². The molecule has 1 aliphatic rings. The first-order chi connectivity index (χ1) is 13.5. The summed E-state index contributed by atoms with van der Waals surface area (Å²) in [5, 5.41) is 2.01. The Morgan fingerprint density at radius 1 is 1.18 bits per heavy atom. The van der Waals surface area contributed by atoms with Gasteiger partial charge in [0.2, 0.25) is 15.9 Å². The molecule has 7 heteroatoms. The highest BCUT2D eigenvalue weighted by atomic mass is 32.2. The van der Waals surface area contributed by atoms with Gasteiger partial charge >= 0.3 is 0 Å². The molecule has 1 atom stereocenters. The van der Waals surface area contributed by atoms with Gasteiger partial charge in [0.1, 0.15) is 0 Å². The van der Waals surface area contributed by atoms with Crippen LogP contribution in [0.15, 0.2) is 47.8 Å². The Balaban J connectivity index is 1.75. The second-order valence-electron chi connectivity index (χ2n) is 7.27. The lowest BCUT2D eigenvalue weighted by Gasteiger charge is -2.34. The van der Waals surface area contributed by atoms with Gasteiger partial charge in [-0.05, 0) is 36.3 Å². The average molecular weight is 421 g/mol. The molecule has 1 unspecified atom stereocenters. The van der Waals surface area contributed by atoms with E-state index < -0.39 is 10.0 Å². The van der Waals surface area contributed by atoms with Crippen molar-refractivity contribution in [3.63, 3.8) is 0 Å². The average Bonchev–Trinajstić information content (AvgIpc) is 3.21. The van der Waals surface area contributed by atoms with Gasteiger partial charge in [0.15, 0.2) is 0 Å². The van der Waals surface area contributed by atoms with Crippen molar-refractivity contribution in [1.29, 1.82) is 0 Å². The van der Waals surface area contributed by atoms with E-state index in [2.05, 4.69) is 0 Å². The largest absolute Gasteiger partial charge is 0.333 e. The number of carbonyl (C=O) groups is 1. The number of hydrogen-bond acceptors (Lipinski definition) is 4. The SMILES string of the molecule is CCCS(=O)(=O)N1CCCC(C(=O)N(Cc2ccccc2)Cc2cccs2)C1. The Labute approximate surface area is 172 Å². The maximum absolute atomic E-state index is 13.4. The molecule has 152 valence electrons. The third kappa shape index (κ3) is 5.43. The molecule has 2 heterocycles. The van der Waals surface area contributed by atoms with Gasteiger partial charge in [-0.1, -0.05) is 43.3 Å². The van der Waals surface area contributed by atoms with Crippen molar-refractivity contribution in [1.82, 2.24) is 9.21 Å². The Bertz CT molecular complexity index is 851. The minimum Gasteiger partial charge on any atom is -0.333 e. The number of carbonyl (C=O) groups excluding carboxylic acids is 1. The monoisotopic (exact) mass is 420 g/mol. The van der Waals surface area contributed by atoms with E-state index >= 15 is 0 Å². The topological polar surface area (TPSA) is 57.7 Å². The van der Waals surface area contributed by atoms with E-state index in [1.807, 2.05) is 59.7 Å². The predicted octanol–water partition coefficient (Wildman–Crippen LogP) is 3.73. The highest BCUT2D eigenvalue weighted by Gasteiger charge is 2.34. The maximum atomic E-state index is 13.4. The van der Waals surface area contributed by atoms with Gasteiger partial charge in [0.25, 0.3) is 0 Å². The van der Waals surface area contributed by atoms with Crippen LogP contribution >= 0.6 is 11.3 Å². The Morgan fingerprint density at radius 2 is 1.96 bits per heavy atom. The second-order valence-corrected chi connectivity index (χ2v) is 10.4. The van der Waals surface area contributed by atoms with Crippen molar-refractivity contribution in [3.8, 4) is 0 Å². The summed E-state index contributed by atoms with van der Waals surface area (Å²) in [7, 11) is -3.27. The van der Waals surface area contributed by atoms with Crippen LogP contribution in [0.3, 0.4) is 0 Å². The molecule has 3 rings (SSSR count). The lowest BCUT2D eigenvalue weighted by atomic mass is 9.97. The van der Waals surface area contributed by atoms with Crippen LogP contribution in [0.1, 0.15) is 36.6 Å². The van der Waals surface area contributed by atoms with E-state index in [1.54, 1.807) is 11.3 Å². The number of nitrogens with zero attached hydrogens (tertiary/aromatic N) is 2. The number of benzene rings is 1. The van der Waals surface area contributed by atoms with Crippen molar-refractivity contribution < 1.29 is 13.2 Å². The van der Waals surface area contributed by atoms with Gasteiger partial charge in [0.05, 0.1) is 18.2 Å². The third-order valence-corrected chi connectivity index (χ3v) is 7.95. The van der Waals surface area contributed by atoms with Crippen molar-refractivity contribution >= 4 is 27.3 Å². The molecule has 1 amide bonds. The van der Waals surface area contributed by atoms with Crippen LogP contribution in [-0.4, -0.2) is 42.4 Å². The second kappa shape index (κ2) is 9.67.